The van der Waals surface area contributed by atoms with E-state index in [1.54, 1.807) is 6.08 Å². The molecule has 2 aromatic heterocycles. The summed E-state index contributed by atoms with van der Waals surface area (Å²) in [5.74, 6) is -0.658. The number of nitrogens with zero attached hydrogens (tertiary/aromatic N) is 5. The Bertz CT molecular complexity index is 1690. The molecule has 4 aliphatic rings. The van der Waals surface area contributed by atoms with Gasteiger partial charge in [-0.2, -0.15) is 4.31 Å². The molecule has 2 saturated heterocycles. The summed E-state index contributed by atoms with van der Waals surface area (Å²) in [5, 5.41) is 41.6. The van der Waals surface area contributed by atoms with E-state index < -0.39 is 83.8 Å². The number of ether oxygens (including phenoxy) is 2. The number of rotatable bonds is 11. The highest BCUT2D eigenvalue weighted by Crippen LogP contribution is 2.60. The van der Waals surface area contributed by atoms with Gasteiger partial charge in [-0.25, -0.2) is 24.1 Å². The number of hydrogen-bond acceptors (Lipinski definition) is 18. The van der Waals surface area contributed by atoms with Gasteiger partial charge in [-0.05, 0) is 19.3 Å². The van der Waals surface area contributed by atoms with E-state index in [9.17, 15) is 44.1 Å². The van der Waals surface area contributed by atoms with Crippen molar-refractivity contribution in [3.8, 4) is 0 Å². The first-order valence-electron chi connectivity index (χ1n) is 15.9. The topological polar surface area (TPSA) is 344 Å². The van der Waals surface area contributed by atoms with Crippen LogP contribution in [0, 0.1) is 0 Å². The van der Waals surface area contributed by atoms with Crippen LogP contribution in [-0.4, -0.2) is 123 Å². The van der Waals surface area contributed by atoms with Crippen LogP contribution in [0.2, 0.25) is 0 Å². The van der Waals surface area contributed by atoms with Crippen molar-refractivity contribution in [3.05, 3.63) is 36.7 Å². The minimum atomic E-state index is -5.37. The fourth-order valence-electron chi connectivity index (χ4n) is 5.81. The Kier molecular flexibility index (Phi) is 12.6. The number of phosphoric ester groups is 2. The average molecular weight is 765 g/mol. The minimum absolute atomic E-state index is 0.0517. The molecule has 1 aliphatic carbocycles. The van der Waals surface area contributed by atoms with Crippen molar-refractivity contribution < 1.29 is 67.0 Å². The standard InChI is InChI=1S/C21H29N7O14P2.C6H13N/c22-17-12-19(25-7-24-17)28(8-26-12)21-16(32)14(30)11(41-21)6-39-44(36,37)42-43(34,35)38-5-10-13(29)15(31)20(40-10)27-3-1-2-9(4-27)18(23)33;7-6-4-2-1-3-5-6/h1,3-4,7-8,10-11,13-16,20-21,29-32H,2,5-6H2,(H2,23,33)(H,34,35)(H,36,37)(H2,22,24,25);6H,1-5,7H2/t10-,11-,13-,14-,15-,16-,20-,21-;/m1./s1. The molecule has 0 bridgehead atoms. The lowest BCUT2D eigenvalue weighted by Crippen LogP contribution is -2.40. The molecule has 22 nitrogen and oxygen atoms in total. The summed E-state index contributed by atoms with van der Waals surface area (Å²) in [5.41, 5.74) is 17.2. The number of anilines is 1. The predicted molar refractivity (Wildman–Crippen MR) is 173 cm³/mol. The van der Waals surface area contributed by atoms with E-state index in [0.29, 0.717) is 6.04 Å². The Hall–Kier alpha value is -2.92. The number of carbonyl (C=O) groups excluding carboxylic acids is 1. The van der Waals surface area contributed by atoms with Gasteiger partial charge in [-0.15, -0.1) is 0 Å². The van der Waals surface area contributed by atoms with Gasteiger partial charge in [-0.1, -0.05) is 25.3 Å². The number of amides is 1. The van der Waals surface area contributed by atoms with Crippen LogP contribution in [0.4, 0.5) is 5.82 Å². The van der Waals surface area contributed by atoms with Gasteiger partial charge in [-0.3, -0.25) is 18.4 Å². The zero-order valence-corrected chi connectivity index (χ0v) is 28.8. The number of aromatic nitrogens is 4. The molecule has 0 radical (unpaired) electrons. The molecular weight excluding hydrogens is 722 g/mol. The first kappa shape index (κ1) is 39.3. The third kappa shape index (κ3) is 9.55. The van der Waals surface area contributed by atoms with Gasteiger partial charge < -0.3 is 61.8 Å². The van der Waals surface area contributed by atoms with E-state index >= 15 is 0 Å². The monoisotopic (exact) mass is 764 g/mol. The molecule has 51 heavy (non-hydrogen) atoms. The summed E-state index contributed by atoms with van der Waals surface area (Å²) >= 11 is 0. The number of hydrogen-bond donors (Lipinski definition) is 9. The first-order chi connectivity index (χ1) is 24.1. The average Bonchev–Trinajstić information content (AvgIpc) is 3.73. The van der Waals surface area contributed by atoms with Gasteiger partial charge in [0.05, 0.1) is 19.5 Å². The zero-order valence-electron chi connectivity index (χ0n) is 27.1. The van der Waals surface area contributed by atoms with Crippen LogP contribution in [0.5, 0.6) is 0 Å². The molecule has 2 aromatic rings. The van der Waals surface area contributed by atoms with Gasteiger partial charge in [0, 0.05) is 24.0 Å². The predicted octanol–water partition coefficient (Wildman–Crippen LogP) is -1.41. The number of nitrogens with two attached hydrogens (primary N) is 3. The molecule has 2 unspecified atom stereocenters. The smallest absolute Gasteiger partial charge is 0.387 e. The van der Waals surface area contributed by atoms with Crippen LogP contribution < -0.4 is 17.2 Å². The van der Waals surface area contributed by atoms with E-state index in [2.05, 4.69) is 19.3 Å². The first-order valence-corrected chi connectivity index (χ1v) is 18.9. The lowest BCUT2D eigenvalue weighted by atomic mass is 9.97. The quantitative estimate of drug-likeness (QED) is 0.119. The van der Waals surface area contributed by atoms with E-state index in [0.717, 1.165) is 6.33 Å². The Balaban J connectivity index is 0.000000643. The maximum Gasteiger partial charge on any atom is 0.481 e. The van der Waals surface area contributed by atoms with E-state index in [1.165, 1.54) is 60.3 Å². The van der Waals surface area contributed by atoms with Crippen molar-refractivity contribution >= 4 is 38.5 Å². The highest BCUT2D eigenvalue weighted by Gasteiger charge is 2.48. The van der Waals surface area contributed by atoms with Crippen molar-refractivity contribution in [1.29, 1.82) is 0 Å². The molecule has 3 fully saturated rings. The van der Waals surface area contributed by atoms with Gasteiger partial charge in [0.1, 0.15) is 48.5 Å². The summed E-state index contributed by atoms with van der Waals surface area (Å²) in [7, 11) is -10.7. The highest BCUT2D eigenvalue weighted by atomic mass is 31.3. The molecule has 284 valence electrons. The minimum Gasteiger partial charge on any atom is -0.387 e. The van der Waals surface area contributed by atoms with Crippen molar-refractivity contribution in [2.45, 2.75) is 93.6 Å². The number of aliphatic hydroxyl groups excluding tert-OH is 4. The maximum absolute atomic E-state index is 12.4. The molecule has 5 heterocycles. The fraction of sp³-hybridized carbons (Fsp3) is 0.630. The second-order valence-electron chi connectivity index (χ2n) is 12.2. The summed E-state index contributed by atoms with van der Waals surface area (Å²) in [6.07, 6.45) is 1.78. The van der Waals surface area contributed by atoms with Crippen LogP contribution >= 0.6 is 15.6 Å². The molecule has 1 saturated carbocycles. The maximum atomic E-state index is 12.4. The summed E-state index contributed by atoms with van der Waals surface area (Å²) in [6, 6.07) is 0.536. The van der Waals surface area contributed by atoms with Crippen LogP contribution in [0.25, 0.3) is 11.2 Å². The fourth-order valence-corrected chi connectivity index (χ4v) is 7.90. The number of primary amides is 1. The lowest BCUT2D eigenvalue weighted by Gasteiger charge is -2.28. The number of allylic oxidation sites excluding steroid dienone is 1. The van der Waals surface area contributed by atoms with Gasteiger partial charge in [0.15, 0.2) is 23.9 Å². The van der Waals surface area contributed by atoms with E-state index in [-0.39, 0.29) is 29.0 Å². The SMILES string of the molecule is NC(=O)C1=CN([C@@H]2O[C@H](COP(=O)(O)OP(=O)(O)OC[C@H]3O[C@@H](n4cnc5c(N)ncnc54)[C@H](O)[C@@H]3O)[C@@H](O)[C@H]2O)C=CC1.NC1CCCCC1. The number of nitrogen functional groups attached to an aromatic ring is 1. The van der Waals surface area contributed by atoms with Gasteiger partial charge in [0.2, 0.25) is 5.91 Å². The Morgan fingerprint density at radius 2 is 1.49 bits per heavy atom. The third-order valence-electron chi connectivity index (χ3n) is 8.53. The second kappa shape index (κ2) is 16.4. The molecular formula is C27H42N8O14P2. The number of fused-ring (bicyclic) bond motifs is 1. The molecule has 3 aliphatic heterocycles. The number of carbonyl (C=O) groups is 1. The van der Waals surface area contributed by atoms with E-state index in [1.807, 2.05) is 0 Å². The Morgan fingerprint density at radius 1 is 0.902 bits per heavy atom. The summed E-state index contributed by atoms with van der Waals surface area (Å²) in [4.78, 5) is 44.6. The van der Waals surface area contributed by atoms with Crippen molar-refractivity contribution in [3.63, 3.8) is 0 Å². The summed E-state index contributed by atoms with van der Waals surface area (Å²) in [6.45, 7) is -1.79. The number of imidazole rings is 1. The third-order valence-corrected chi connectivity index (χ3v) is 11.1. The zero-order chi connectivity index (χ0) is 37.1. The normalized spacial score (nSPS) is 32.2. The molecule has 0 spiro atoms. The Labute approximate surface area is 290 Å². The van der Waals surface area contributed by atoms with Crippen molar-refractivity contribution in [1.82, 2.24) is 24.4 Å². The number of aliphatic hydroxyl groups is 4. The van der Waals surface area contributed by atoms with Crippen LogP contribution in [0.3, 0.4) is 0 Å². The van der Waals surface area contributed by atoms with Crippen LogP contribution in [0.15, 0.2) is 36.7 Å². The molecule has 24 heteroatoms. The molecule has 12 N–H and O–H groups in total. The van der Waals surface area contributed by atoms with Crippen molar-refractivity contribution in [2.24, 2.45) is 11.5 Å². The molecule has 10 atom stereocenters. The number of phosphoric acid groups is 2. The highest BCUT2D eigenvalue weighted by molar-refractivity contribution is 7.61. The largest absolute Gasteiger partial charge is 0.481 e. The molecule has 1 amide bonds. The molecule has 0 aromatic carbocycles. The van der Waals surface area contributed by atoms with Crippen LogP contribution in [0.1, 0.15) is 44.8 Å². The Morgan fingerprint density at radius 3 is 2.06 bits per heavy atom. The van der Waals surface area contributed by atoms with Gasteiger partial charge >= 0.3 is 15.6 Å². The second-order valence-corrected chi connectivity index (χ2v) is 15.3. The van der Waals surface area contributed by atoms with Crippen molar-refractivity contribution in [2.75, 3.05) is 18.9 Å². The van der Waals surface area contributed by atoms with Gasteiger partial charge in [0.25, 0.3) is 0 Å². The lowest BCUT2D eigenvalue weighted by molar-refractivity contribution is -0.115. The summed E-state index contributed by atoms with van der Waals surface area (Å²) < 4.78 is 50.8. The van der Waals surface area contributed by atoms with E-state index in [4.69, 9.17) is 35.7 Å². The molecule has 6 rings (SSSR count). The van der Waals surface area contributed by atoms with Crippen LogP contribution in [-0.2, 0) is 36.8 Å².